The van der Waals surface area contributed by atoms with Crippen molar-refractivity contribution in [3.8, 4) is 11.4 Å². The van der Waals surface area contributed by atoms with E-state index in [2.05, 4.69) is 4.98 Å². The number of benzene rings is 2. The minimum Gasteiger partial charge on any atom is -0.489 e. The van der Waals surface area contributed by atoms with Crippen LogP contribution in [0.15, 0.2) is 77.9 Å². The molecule has 2 heterocycles. The van der Waals surface area contributed by atoms with E-state index in [0.717, 1.165) is 16.3 Å². The number of aliphatic hydroxyl groups is 1. The second-order valence-corrected chi connectivity index (χ2v) is 6.35. The lowest BCUT2D eigenvalue weighted by molar-refractivity contribution is 0.277. The van der Waals surface area contributed by atoms with E-state index in [9.17, 15) is 14.3 Å². The SMILES string of the molecule is O=c1cc(OCc2ccc(F)cc2)ccn1-c1ccc2cc(CO)ncc2c1. The molecule has 0 bridgehead atoms. The van der Waals surface area contributed by atoms with Crippen molar-refractivity contribution in [1.82, 2.24) is 9.55 Å². The Hall–Kier alpha value is -3.51. The third kappa shape index (κ3) is 3.77. The third-order valence-electron chi connectivity index (χ3n) is 4.41. The molecule has 0 radical (unpaired) electrons. The first kappa shape index (κ1) is 17.9. The summed E-state index contributed by atoms with van der Waals surface area (Å²) in [6, 6.07) is 16.6. The number of nitrogens with zero attached hydrogens (tertiary/aromatic N) is 2. The lowest BCUT2D eigenvalue weighted by atomic mass is 10.1. The van der Waals surface area contributed by atoms with Crippen molar-refractivity contribution in [3.63, 3.8) is 0 Å². The summed E-state index contributed by atoms with van der Waals surface area (Å²) in [5, 5.41) is 11.0. The fourth-order valence-corrected chi connectivity index (χ4v) is 2.92. The predicted octanol–water partition coefficient (Wildman–Crippen LogP) is 3.60. The largest absolute Gasteiger partial charge is 0.489 e. The molecular weight excluding hydrogens is 359 g/mol. The summed E-state index contributed by atoms with van der Waals surface area (Å²) in [6.45, 7) is 0.134. The topological polar surface area (TPSA) is 64.3 Å². The zero-order chi connectivity index (χ0) is 19.5. The molecule has 0 spiro atoms. The Kier molecular flexibility index (Phi) is 4.87. The van der Waals surface area contributed by atoms with Gasteiger partial charge in [0.05, 0.1) is 12.3 Å². The zero-order valence-corrected chi connectivity index (χ0v) is 14.9. The van der Waals surface area contributed by atoms with Crippen LogP contribution in [0.2, 0.25) is 0 Å². The molecule has 0 aliphatic rings. The second kappa shape index (κ2) is 7.62. The maximum atomic E-state index is 12.9. The molecule has 2 aromatic carbocycles. The van der Waals surface area contributed by atoms with Gasteiger partial charge in [-0.1, -0.05) is 18.2 Å². The number of aromatic nitrogens is 2. The summed E-state index contributed by atoms with van der Waals surface area (Å²) in [5.41, 5.74) is 1.90. The Morgan fingerprint density at radius 2 is 1.82 bits per heavy atom. The second-order valence-electron chi connectivity index (χ2n) is 6.35. The Bertz CT molecular complexity index is 1190. The molecular formula is C22H17FN2O3. The van der Waals surface area contributed by atoms with E-state index >= 15 is 0 Å². The first-order valence-electron chi connectivity index (χ1n) is 8.72. The van der Waals surface area contributed by atoms with Gasteiger partial charge in [0, 0.05) is 29.5 Å². The smallest absolute Gasteiger partial charge is 0.258 e. The van der Waals surface area contributed by atoms with Crippen LogP contribution in [0.1, 0.15) is 11.3 Å². The van der Waals surface area contributed by atoms with Crippen LogP contribution in [0.4, 0.5) is 4.39 Å². The van der Waals surface area contributed by atoms with Gasteiger partial charge in [0.25, 0.3) is 5.56 Å². The Morgan fingerprint density at radius 1 is 1.00 bits per heavy atom. The molecule has 6 heteroatoms. The van der Waals surface area contributed by atoms with E-state index in [0.29, 0.717) is 17.1 Å². The normalized spacial score (nSPS) is 10.9. The lowest BCUT2D eigenvalue weighted by Crippen LogP contribution is -2.16. The minimum atomic E-state index is -0.301. The van der Waals surface area contributed by atoms with E-state index in [1.165, 1.54) is 22.8 Å². The van der Waals surface area contributed by atoms with Crippen LogP contribution >= 0.6 is 0 Å². The average Bonchev–Trinajstić information content (AvgIpc) is 2.72. The molecule has 140 valence electrons. The molecule has 4 aromatic rings. The van der Waals surface area contributed by atoms with Crippen LogP contribution in [-0.2, 0) is 13.2 Å². The summed E-state index contributed by atoms with van der Waals surface area (Å²) < 4.78 is 20.1. The summed E-state index contributed by atoms with van der Waals surface area (Å²) in [7, 11) is 0. The standard InChI is InChI=1S/C22H17FN2O3/c23-18-4-1-15(2-5-18)14-28-21-7-8-25(22(27)11-21)20-6-3-16-9-19(13-26)24-12-17(16)10-20/h1-12,26H,13-14H2. The molecule has 0 saturated heterocycles. The summed E-state index contributed by atoms with van der Waals surface area (Å²) in [4.78, 5) is 16.7. The molecule has 1 N–H and O–H groups in total. The van der Waals surface area contributed by atoms with Crippen molar-refractivity contribution >= 4 is 10.8 Å². The fraction of sp³-hybridized carbons (Fsp3) is 0.0909. The zero-order valence-electron chi connectivity index (χ0n) is 14.9. The van der Waals surface area contributed by atoms with Gasteiger partial charge in [-0.05, 0) is 47.3 Å². The van der Waals surface area contributed by atoms with Crippen molar-refractivity contribution in [2.75, 3.05) is 0 Å². The van der Waals surface area contributed by atoms with E-state index in [1.54, 1.807) is 30.6 Å². The minimum absolute atomic E-state index is 0.115. The van der Waals surface area contributed by atoms with Gasteiger partial charge in [-0.25, -0.2) is 4.39 Å². The molecule has 4 rings (SSSR count). The van der Waals surface area contributed by atoms with Crippen molar-refractivity contribution in [2.45, 2.75) is 13.2 Å². The molecule has 0 fully saturated rings. The Morgan fingerprint density at radius 3 is 2.57 bits per heavy atom. The molecule has 2 aromatic heterocycles. The van der Waals surface area contributed by atoms with Crippen LogP contribution in [0, 0.1) is 5.82 Å². The van der Waals surface area contributed by atoms with Crippen molar-refractivity contribution in [2.24, 2.45) is 0 Å². The quantitative estimate of drug-likeness (QED) is 0.578. The van der Waals surface area contributed by atoms with Crippen LogP contribution in [-0.4, -0.2) is 14.7 Å². The number of halogens is 1. The number of fused-ring (bicyclic) bond motifs is 1. The van der Waals surface area contributed by atoms with Crippen molar-refractivity contribution in [3.05, 3.63) is 100 Å². The van der Waals surface area contributed by atoms with Crippen molar-refractivity contribution < 1.29 is 14.2 Å². The summed E-state index contributed by atoms with van der Waals surface area (Å²) >= 11 is 0. The van der Waals surface area contributed by atoms with Gasteiger partial charge in [-0.2, -0.15) is 0 Å². The van der Waals surface area contributed by atoms with Crippen LogP contribution < -0.4 is 10.3 Å². The highest BCUT2D eigenvalue weighted by Crippen LogP contribution is 2.19. The maximum absolute atomic E-state index is 12.9. The molecule has 0 atom stereocenters. The van der Waals surface area contributed by atoms with Gasteiger partial charge in [-0.15, -0.1) is 0 Å². The van der Waals surface area contributed by atoms with Crippen molar-refractivity contribution in [1.29, 1.82) is 0 Å². The van der Waals surface area contributed by atoms with E-state index in [4.69, 9.17) is 4.74 Å². The first-order chi connectivity index (χ1) is 13.6. The molecule has 0 aliphatic carbocycles. The highest BCUT2D eigenvalue weighted by Gasteiger charge is 2.05. The highest BCUT2D eigenvalue weighted by atomic mass is 19.1. The van der Waals surface area contributed by atoms with Gasteiger partial charge < -0.3 is 9.84 Å². The third-order valence-corrected chi connectivity index (χ3v) is 4.41. The van der Waals surface area contributed by atoms with E-state index in [-0.39, 0.29) is 24.6 Å². The average molecular weight is 376 g/mol. The fourth-order valence-electron chi connectivity index (χ4n) is 2.92. The van der Waals surface area contributed by atoms with Gasteiger partial charge in [0.2, 0.25) is 0 Å². The Labute approximate surface area is 160 Å². The van der Waals surface area contributed by atoms with Gasteiger partial charge in [-0.3, -0.25) is 14.3 Å². The number of pyridine rings is 2. The number of hydrogen-bond donors (Lipinski definition) is 1. The Balaban J connectivity index is 1.56. The van der Waals surface area contributed by atoms with E-state index < -0.39 is 0 Å². The van der Waals surface area contributed by atoms with Crippen LogP contribution in [0.25, 0.3) is 16.5 Å². The molecule has 0 saturated carbocycles. The number of aliphatic hydroxyl groups excluding tert-OH is 1. The number of hydrogen-bond acceptors (Lipinski definition) is 4. The summed E-state index contributed by atoms with van der Waals surface area (Å²) in [5.74, 6) is 0.144. The molecule has 28 heavy (non-hydrogen) atoms. The lowest BCUT2D eigenvalue weighted by Gasteiger charge is -2.10. The first-order valence-corrected chi connectivity index (χ1v) is 8.72. The van der Waals surface area contributed by atoms with Gasteiger partial charge in [0.15, 0.2) is 0 Å². The molecule has 5 nitrogen and oxygen atoms in total. The highest BCUT2D eigenvalue weighted by molar-refractivity contribution is 5.84. The maximum Gasteiger partial charge on any atom is 0.258 e. The predicted molar refractivity (Wildman–Crippen MR) is 104 cm³/mol. The number of rotatable bonds is 5. The summed E-state index contributed by atoms with van der Waals surface area (Å²) in [6.07, 6.45) is 3.33. The molecule has 0 aliphatic heterocycles. The van der Waals surface area contributed by atoms with Gasteiger partial charge in [0.1, 0.15) is 18.2 Å². The van der Waals surface area contributed by atoms with Crippen LogP contribution in [0.5, 0.6) is 5.75 Å². The number of ether oxygens (including phenoxy) is 1. The molecule has 0 unspecified atom stereocenters. The van der Waals surface area contributed by atoms with E-state index in [1.807, 2.05) is 24.3 Å². The van der Waals surface area contributed by atoms with Crippen LogP contribution in [0.3, 0.4) is 0 Å². The molecule has 0 amide bonds. The monoisotopic (exact) mass is 376 g/mol. The van der Waals surface area contributed by atoms with Gasteiger partial charge >= 0.3 is 0 Å².